The summed E-state index contributed by atoms with van der Waals surface area (Å²) >= 11 is 0. The summed E-state index contributed by atoms with van der Waals surface area (Å²) in [6.45, 7) is 1.84. The number of anilines is 2. The molecule has 4 aromatic rings. The molecule has 32 heavy (non-hydrogen) atoms. The van der Waals surface area contributed by atoms with Crippen molar-refractivity contribution in [2.24, 2.45) is 0 Å². The van der Waals surface area contributed by atoms with Gasteiger partial charge in [-0.05, 0) is 43.3 Å². The van der Waals surface area contributed by atoms with Crippen LogP contribution in [0.3, 0.4) is 0 Å². The third-order valence-electron chi connectivity index (χ3n) is 5.68. The largest absolute Gasteiger partial charge is 0.495 e. The summed E-state index contributed by atoms with van der Waals surface area (Å²) in [5, 5.41) is 6.57. The van der Waals surface area contributed by atoms with Crippen LogP contribution in [0.2, 0.25) is 0 Å². The van der Waals surface area contributed by atoms with Crippen molar-refractivity contribution in [1.82, 2.24) is 9.78 Å². The normalized spacial score (nSPS) is 15.2. The summed E-state index contributed by atoms with van der Waals surface area (Å²) < 4.78 is 7.04. The molecule has 0 fully saturated rings. The molecule has 0 saturated carbocycles. The standard InChI is InChI=1S/C25H22N4O3/c1-16-22(25(31)29(27-16)17-10-4-3-5-11-17)23-26-19-13-7-6-12-18(19)24(30)28(23)20-14-8-9-15-21(20)32-2/h3-15,23,26-27H,1-2H3. The highest BCUT2D eigenvalue weighted by molar-refractivity contribution is 6.12. The first-order valence-electron chi connectivity index (χ1n) is 10.3. The smallest absolute Gasteiger partial charge is 0.278 e. The molecule has 1 aliphatic heterocycles. The fourth-order valence-electron chi connectivity index (χ4n) is 4.17. The molecule has 0 bridgehead atoms. The molecule has 2 N–H and O–H groups in total. The van der Waals surface area contributed by atoms with E-state index in [1.807, 2.05) is 73.7 Å². The number of amides is 1. The lowest BCUT2D eigenvalue weighted by atomic mass is 10.0. The number of nitrogens with zero attached hydrogens (tertiary/aromatic N) is 2. The second kappa shape index (κ2) is 7.77. The molecule has 160 valence electrons. The van der Waals surface area contributed by atoms with Crippen molar-refractivity contribution in [2.45, 2.75) is 13.1 Å². The van der Waals surface area contributed by atoms with Gasteiger partial charge < -0.3 is 10.1 Å². The minimum absolute atomic E-state index is 0.208. The Bertz CT molecular complexity index is 1360. The number of rotatable bonds is 4. The van der Waals surface area contributed by atoms with E-state index in [2.05, 4.69) is 10.4 Å². The van der Waals surface area contributed by atoms with Gasteiger partial charge in [-0.25, -0.2) is 4.68 Å². The first-order valence-corrected chi connectivity index (χ1v) is 10.3. The van der Waals surface area contributed by atoms with E-state index < -0.39 is 6.17 Å². The molecule has 0 aliphatic carbocycles. The van der Waals surface area contributed by atoms with E-state index in [0.29, 0.717) is 33.9 Å². The molecule has 3 aromatic carbocycles. The van der Waals surface area contributed by atoms with E-state index in [9.17, 15) is 9.59 Å². The molecule has 1 atom stereocenters. The summed E-state index contributed by atoms with van der Waals surface area (Å²) in [7, 11) is 1.56. The average Bonchev–Trinajstić information content (AvgIpc) is 3.13. The zero-order chi connectivity index (χ0) is 22.2. The number of benzene rings is 3. The van der Waals surface area contributed by atoms with Gasteiger partial charge in [0.1, 0.15) is 11.9 Å². The van der Waals surface area contributed by atoms with Crippen LogP contribution in [-0.4, -0.2) is 22.8 Å². The van der Waals surface area contributed by atoms with Crippen LogP contribution in [-0.2, 0) is 0 Å². The Morgan fingerprint density at radius 3 is 2.34 bits per heavy atom. The van der Waals surface area contributed by atoms with Crippen LogP contribution >= 0.6 is 0 Å². The molecule has 5 rings (SSSR count). The molecular formula is C25H22N4O3. The molecular weight excluding hydrogens is 404 g/mol. The first kappa shape index (κ1) is 19.7. The Morgan fingerprint density at radius 2 is 1.56 bits per heavy atom. The Kier molecular flexibility index (Phi) is 4.78. The van der Waals surface area contributed by atoms with E-state index >= 15 is 0 Å². The molecule has 1 amide bonds. The van der Waals surface area contributed by atoms with E-state index in [-0.39, 0.29) is 11.5 Å². The third-order valence-corrected chi connectivity index (χ3v) is 5.68. The molecule has 1 aromatic heterocycles. The molecule has 1 unspecified atom stereocenters. The summed E-state index contributed by atoms with van der Waals surface area (Å²) in [6.07, 6.45) is -0.720. The van der Waals surface area contributed by atoms with Crippen molar-refractivity contribution in [2.75, 3.05) is 17.3 Å². The number of ether oxygens (including phenoxy) is 1. The maximum atomic E-state index is 13.7. The molecule has 0 radical (unpaired) electrons. The number of aromatic nitrogens is 2. The lowest BCUT2D eigenvalue weighted by Gasteiger charge is -2.38. The number of para-hydroxylation sites is 4. The molecule has 0 saturated heterocycles. The number of aromatic amines is 1. The van der Waals surface area contributed by atoms with Gasteiger partial charge in [0.15, 0.2) is 0 Å². The SMILES string of the molecule is COc1ccccc1N1C(=O)c2ccccc2NC1c1c(C)[nH]n(-c2ccccc2)c1=O. The molecule has 0 spiro atoms. The summed E-state index contributed by atoms with van der Waals surface area (Å²) in [4.78, 5) is 28.8. The summed E-state index contributed by atoms with van der Waals surface area (Å²) in [5.41, 5.74) is 3.42. The Labute approximate surface area is 184 Å². The Hall–Kier alpha value is -4.26. The van der Waals surface area contributed by atoms with E-state index in [0.717, 1.165) is 5.69 Å². The Morgan fingerprint density at radius 1 is 0.875 bits per heavy atom. The predicted molar refractivity (Wildman–Crippen MR) is 124 cm³/mol. The maximum Gasteiger partial charge on any atom is 0.278 e. The number of H-pyrrole nitrogens is 1. The van der Waals surface area contributed by atoms with Gasteiger partial charge in [-0.3, -0.25) is 19.6 Å². The predicted octanol–water partition coefficient (Wildman–Crippen LogP) is 4.25. The van der Waals surface area contributed by atoms with Crippen LogP contribution in [0.25, 0.3) is 5.69 Å². The minimum atomic E-state index is -0.720. The van der Waals surface area contributed by atoms with Crippen LogP contribution in [0.1, 0.15) is 27.8 Å². The number of hydrogen-bond acceptors (Lipinski definition) is 4. The minimum Gasteiger partial charge on any atom is -0.495 e. The first-order chi connectivity index (χ1) is 15.6. The van der Waals surface area contributed by atoms with Crippen LogP contribution in [0.5, 0.6) is 5.75 Å². The van der Waals surface area contributed by atoms with Crippen molar-refractivity contribution in [3.63, 3.8) is 0 Å². The topological polar surface area (TPSA) is 79.4 Å². The van der Waals surface area contributed by atoms with Gasteiger partial charge in [-0.1, -0.05) is 42.5 Å². The molecule has 7 heteroatoms. The maximum absolute atomic E-state index is 13.7. The zero-order valence-electron chi connectivity index (χ0n) is 17.7. The Balaban J connectivity index is 1.72. The van der Waals surface area contributed by atoms with Gasteiger partial charge in [0, 0.05) is 11.4 Å². The van der Waals surface area contributed by atoms with Gasteiger partial charge in [0.05, 0.1) is 29.6 Å². The summed E-state index contributed by atoms with van der Waals surface area (Å²) in [6, 6.07) is 24.0. The lowest BCUT2D eigenvalue weighted by Crippen LogP contribution is -2.45. The van der Waals surface area contributed by atoms with E-state index in [4.69, 9.17) is 4.74 Å². The number of nitrogens with one attached hydrogen (secondary N) is 2. The van der Waals surface area contributed by atoms with Gasteiger partial charge in [0.25, 0.3) is 11.5 Å². The van der Waals surface area contributed by atoms with Crippen molar-refractivity contribution in [1.29, 1.82) is 0 Å². The van der Waals surface area contributed by atoms with Gasteiger partial charge in [-0.2, -0.15) is 0 Å². The van der Waals surface area contributed by atoms with Crippen LogP contribution in [0, 0.1) is 6.92 Å². The zero-order valence-corrected chi connectivity index (χ0v) is 17.7. The third kappa shape index (κ3) is 3.06. The van der Waals surface area contributed by atoms with Crippen molar-refractivity contribution in [3.05, 3.63) is 106 Å². The van der Waals surface area contributed by atoms with Gasteiger partial charge >= 0.3 is 0 Å². The number of fused-ring (bicyclic) bond motifs is 1. The second-order valence-electron chi connectivity index (χ2n) is 7.57. The van der Waals surface area contributed by atoms with E-state index in [1.165, 1.54) is 4.68 Å². The highest BCUT2D eigenvalue weighted by Crippen LogP contribution is 2.40. The number of carbonyl (C=O) groups is 1. The highest BCUT2D eigenvalue weighted by atomic mass is 16.5. The number of carbonyl (C=O) groups excluding carboxylic acids is 1. The highest BCUT2D eigenvalue weighted by Gasteiger charge is 2.38. The number of aryl methyl sites for hydroxylation is 1. The van der Waals surface area contributed by atoms with Crippen molar-refractivity contribution in [3.8, 4) is 11.4 Å². The molecule has 7 nitrogen and oxygen atoms in total. The lowest BCUT2D eigenvalue weighted by molar-refractivity contribution is 0.0974. The molecule has 2 heterocycles. The quantitative estimate of drug-likeness (QED) is 0.511. The van der Waals surface area contributed by atoms with Crippen molar-refractivity contribution >= 4 is 17.3 Å². The fourth-order valence-corrected chi connectivity index (χ4v) is 4.17. The second-order valence-corrected chi connectivity index (χ2v) is 7.57. The number of methoxy groups -OCH3 is 1. The van der Waals surface area contributed by atoms with Crippen LogP contribution in [0.4, 0.5) is 11.4 Å². The van der Waals surface area contributed by atoms with Crippen LogP contribution in [0.15, 0.2) is 83.7 Å². The molecule has 1 aliphatic rings. The average molecular weight is 426 g/mol. The fraction of sp³-hybridized carbons (Fsp3) is 0.120. The number of hydrogen-bond donors (Lipinski definition) is 2. The van der Waals surface area contributed by atoms with Gasteiger partial charge in [0.2, 0.25) is 0 Å². The monoisotopic (exact) mass is 426 g/mol. The van der Waals surface area contributed by atoms with Crippen LogP contribution < -0.4 is 20.5 Å². The van der Waals surface area contributed by atoms with E-state index in [1.54, 1.807) is 24.1 Å². The van der Waals surface area contributed by atoms with Gasteiger partial charge in [-0.15, -0.1) is 0 Å². The summed E-state index contributed by atoms with van der Waals surface area (Å²) in [5.74, 6) is 0.337. The van der Waals surface area contributed by atoms with Crippen molar-refractivity contribution < 1.29 is 9.53 Å².